The Balaban J connectivity index is 3.46. The molecule has 0 rings (SSSR count). The number of halogens is 1. The molecule has 0 aliphatic rings. The smallest absolute Gasteiger partial charge is 0.152 e. The van der Waals surface area contributed by atoms with Crippen LogP contribution in [0.1, 0.15) is 25.7 Å². The van der Waals surface area contributed by atoms with E-state index in [0.29, 0.717) is 12.5 Å². The molecule has 0 bridgehead atoms. The molecule has 0 fully saturated rings. The summed E-state index contributed by atoms with van der Waals surface area (Å²) in [6.07, 6.45) is 3.67. The first-order valence-corrected chi connectivity index (χ1v) is 7.23. The fourth-order valence-electron chi connectivity index (χ4n) is 1.08. The minimum Gasteiger partial charge on any atom is -0.384 e. The van der Waals surface area contributed by atoms with E-state index in [4.69, 9.17) is 16.3 Å². The van der Waals surface area contributed by atoms with E-state index >= 15 is 0 Å². The predicted octanol–water partition coefficient (Wildman–Crippen LogP) is 1.85. The Hall–Kier alpha value is 0.200. The summed E-state index contributed by atoms with van der Waals surface area (Å²) < 4.78 is 27.4. The summed E-state index contributed by atoms with van der Waals surface area (Å²) in [5, 5.41) is 0. The third-order valence-electron chi connectivity index (χ3n) is 1.94. The van der Waals surface area contributed by atoms with E-state index in [9.17, 15) is 8.42 Å². The van der Waals surface area contributed by atoms with Crippen molar-refractivity contribution in [2.45, 2.75) is 25.7 Å². The molecule has 0 aromatic rings. The largest absolute Gasteiger partial charge is 0.384 e. The van der Waals surface area contributed by atoms with Crippen LogP contribution in [-0.4, -0.2) is 39.5 Å². The van der Waals surface area contributed by atoms with Gasteiger partial charge >= 0.3 is 0 Å². The van der Waals surface area contributed by atoms with Crippen LogP contribution in [0.5, 0.6) is 0 Å². The maximum atomic E-state index is 11.3. The summed E-state index contributed by atoms with van der Waals surface area (Å²) in [7, 11) is -1.38. The lowest BCUT2D eigenvalue weighted by atomic mass is 10.2. The summed E-state index contributed by atoms with van der Waals surface area (Å²) in [5.41, 5.74) is 0. The Morgan fingerprint density at radius 1 is 1.07 bits per heavy atom. The van der Waals surface area contributed by atoms with Gasteiger partial charge in [-0.3, -0.25) is 0 Å². The first-order chi connectivity index (χ1) is 6.62. The normalized spacial score (nSPS) is 11.9. The van der Waals surface area contributed by atoms with Gasteiger partial charge in [0.05, 0.1) is 18.1 Å². The number of unbranched alkanes of at least 4 members (excludes halogenated alkanes) is 3. The minimum absolute atomic E-state index is 0.138. The minimum atomic E-state index is -2.89. The summed E-state index contributed by atoms with van der Waals surface area (Å²) >= 11 is 5.50. The number of rotatable bonds is 9. The van der Waals surface area contributed by atoms with Gasteiger partial charge < -0.3 is 4.74 Å². The zero-order valence-electron chi connectivity index (χ0n) is 8.67. The molecule has 0 radical (unpaired) electrons. The molecular weight excluding hydrogens is 224 g/mol. The zero-order valence-corrected chi connectivity index (χ0v) is 10.2. The second-order valence-electron chi connectivity index (χ2n) is 3.25. The van der Waals surface area contributed by atoms with Crippen molar-refractivity contribution in [2.75, 3.05) is 31.1 Å². The first-order valence-electron chi connectivity index (χ1n) is 4.87. The van der Waals surface area contributed by atoms with Crippen LogP contribution in [-0.2, 0) is 14.6 Å². The average molecular weight is 243 g/mol. The molecule has 0 aromatic heterocycles. The third kappa shape index (κ3) is 8.78. The summed E-state index contributed by atoms with van der Waals surface area (Å²) in [5.74, 6) is 1.08. The van der Waals surface area contributed by atoms with Crippen LogP contribution in [0.15, 0.2) is 0 Å². The highest BCUT2D eigenvalue weighted by Gasteiger charge is 2.09. The molecule has 0 aliphatic carbocycles. The van der Waals surface area contributed by atoms with E-state index in [2.05, 4.69) is 0 Å². The van der Waals surface area contributed by atoms with Crippen molar-refractivity contribution in [3.8, 4) is 0 Å². The van der Waals surface area contributed by atoms with Gasteiger partial charge in [0.25, 0.3) is 0 Å². The van der Waals surface area contributed by atoms with Gasteiger partial charge in [0, 0.05) is 13.0 Å². The first kappa shape index (κ1) is 14.2. The van der Waals surface area contributed by atoms with Gasteiger partial charge in [-0.25, -0.2) is 8.42 Å². The Kier molecular flexibility index (Phi) is 8.63. The van der Waals surface area contributed by atoms with Gasteiger partial charge in [0.2, 0.25) is 0 Å². The molecule has 0 amide bonds. The second-order valence-corrected chi connectivity index (χ2v) is 5.93. The van der Waals surface area contributed by atoms with E-state index in [1.807, 2.05) is 0 Å². The summed E-state index contributed by atoms with van der Waals surface area (Å²) in [6, 6.07) is 0. The van der Waals surface area contributed by atoms with Crippen LogP contribution in [0.2, 0.25) is 0 Å². The molecule has 0 spiro atoms. The average Bonchev–Trinajstić information content (AvgIpc) is 2.15. The van der Waals surface area contributed by atoms with E-state index in [1.54, 1.807) is 0 Å². The van der Waals surface area contributed by atoms with Crippen molar-refractivity contribution in [2.24, 2.45) is 0 Å². The highest BCUT2D eigenvalue weighted by atomic mass is 35.5. The number of ether oxygens (including phenoxy) is 1. The molecule has 5 heteroatoms. The highest BCUT2D eigenvalue weighted by molar-refractivity contribution is 7.91. The van der Waals surface area contributed by atoms with Gasteiger partial charge in [-0.15, -0.1) is 11.6 Å². The van der Waals surface area contributed by atoms with Gasteiger partial charge in [0.15, 0.2) is 9.84 Å². The summed E-state index contributed by atoms with van der Waals surface area (Å²) in [4.78, 5) is 0. The SMILES string of the molecule is COCCS(=O)(=O)CCCCCCCl. The Morgan fingerprint density at radius 2 is 1.71 bits per heavy atom. The van der Waals surface area contributed by atoms with Crippen molar-refractivity contribution >= 4 is 21.4 Å². The van der Waals surface area contributed by atoms with Crippen LogP contribution in [0.3, 0.4) is 0 Å². The molecule has 0 N–H and O–H groups in total. The van der Waals surface area contributed by atoms with Gasteiger partial charge in [-0.05, 0) is 12.8 Å². The molecule has 86 valence electrons. The lowest BCUT2D eigenvalue weighted by molar-refractivity contribution is 0.217. The summed E-state index contributed by atoms with van der Waals surface area (Å²) in [6.45, 7) is 0.296. The van der Waals surface area contributed by atoms with Crippen molar-refractivity contribution in [3.05, 3.63) is 0 Å². The molecule has 0 aliphatic heterocycles. The number of hydrogen-bond acceptors (Lipinski definition) is 3. The van der Waals surface area contributed by atoms with E-state index in [0.717, 1.165) is 25.7 Å². The molecule has 0 aromatic carbocycles. The van der Waals surface area contributed by atoms with E-state index in [-0.39, 0.29) is 11.5 Å². The quantitative estimate of drug-likeness (QED) is 0.458. The topological polar surface area (TPSA) is 43.4 Å². The van der Waals surface area contributed by atoms with Crippen molar-refractivity contribution in [1.82, 2.24) is 0 Å². The van der Waals surface area contributed by atoms with Crippen LogP contribution < -0.4 is 0 Å². The number of sulfone groups is 1. The van der Waals surface area contributed by atoms with Gasteiger partial charge in [-0.2, -0.15) is 0 Å². The van der Waals surface area contributed by atoms with Crippen LogP contribution in [0.4, 0.5) is 0 Å². The second kappa shape index (κ2) is 8.50. The maximum absolute atomic E-state index is 11.3. The fraction of sp³-hybridized carbons (Fsp3) is 1.00. The van der Waals surface area contributed by atoms with Crippen LogP contribution in [0.25, 0.3) is 0 Å². The molecule has 0 saturated heterocycles. The predicted molar refractivity (Wildman–Crippen MR) is 59.7 cm³/mol. The van der Waals surface area contributed by atoms with Crippen molar-refractivity contribution in [1.29, 1.82) is 0 Å². The Morgan fingerprint density at radius 3 is 2.29 bits per heavy atom. The fourth-order valence-corrected chi connectivity index (χ4v) is 2.54. The maximum Gasteiger partial charge on any atom is 0.152 e. The monoisotopic (exact) mass is 242 g/mol. The molecule has 0 saturated carbocycles. The van der Waals surface area contributed by atoms with Crippen molar-refractivity contribution in [3.63, 3.8) is 0 Å². The lowest BCUT2D eigenvalue weighted by Gasteiger charge is -2.03. The van der Waals surface area contributed by atoms with Gasteiger partial charge in [0.1, 0.15) is 0 Å². The standard InChI is InChI=1S/C9H19ClO3S/c1-13-7-9-14(11,12)8-5-3-2-4-6-10/h2-9H2,1H3. The van der Waals surface area contributed by atoms with Crippen LogP contribution in [0, 0.1) is 0 Å². The molecule has 0 unspecified atom stereocenters. The van der Waals surface area contributed by atoms with Crippen molar-refractivity contribution < 1.29 is 13.2 Å². The number of methoxy groups -OCH3 is 1. The van der Waals surface area contributed by atoms with Crippen LogP contribution >= 0.6 is 11.6 Å². The van der Waals surface area contributed by atoms with Gasteiger partial charge in [-0.1, -0.05) is 12.8 Å². The van der Waals surface area contributed by atoms with E-state index in [1.165, 1.54) is 7.11 Å². The lowest BCUT2D eigenvalue weighted by Crippen LogP contribution is -2.14. The Bertz CT molecular complexity index is 214. The van der Waals surface area contributed by atoms with E-state index < -0.39 is 9.84 Å². The molecular formula is C9H19ClO3S. The number of alkyl halides is 1. The molecule has 3 nitrogen and oxygen atoms in total. The third-order valence-corrected chi connectivity index (χ3v) is 3.90. The number of hydrogen-bond donors (Lipinski definition) is 0. The molecule has 0 heterocycles. The molecule has 0 atom stereocenters. The highest BCUT2D eigenvalue weighted by Crippen LogP contribution is 2.04. The zero-order chi connectivity index (χ0) is 10.9. The molecule has 14 heavy (non-hydrogen) atoms. The Labute approximate surface area is 91.7 Å².